The minimum absolute atomic E-state index is 0.107. The fourth-order valence-corrected chi connectivity index (χ4v) is 4.32. The van der Waals surface area contributed by atoms with E-state index < -0.39 is 5.97 Å². The van der Waals surface area contributed by atoms with Crippen LogP contribution in [0.2, 0.25) is 0 Å². The van der Waals surface area contributed by atoms with Crippen LogP contribution in [0.4, 0.5) is 11.4 Å². The molecule has 34 heavy (non-hydrogen) atoms. The van der Waals surface area contributed by atoms with Crippen LogP contribution in [0.15, 0.2) is 76.0 Å². The van der Waals surface area contributed by atoms with E-state index in [2.05, 4.69) is 15.4 Å². The molecular formula is C26H25N3O4S. The molecule has 1 aromatic heterocycles. The largest absolute Gasteiger partial charge is 0.480 e. The van der Waals surface area contributed by atoms with E-state index in [9.17, 15) is 9.59 Å². The second-order valence-corrected chi connectivity index (χ2v) is 8.60. The Labute approximate surface area is 201 Å². The van der Waals surface area contributed by atoms with Crippen LogP contribution in [0.25, 0.3) is 22.1 Å². The van der Waals surface area contributed by atoms with Crippen LogP contribution in [0.5, 0.6) is 0 Å². The number of nitrogens with one attached hydrogen (secondary N) is 3. The standard InChI is InChI=1S/C26H25N3O4S/c1-3-27-21-5-4-6-22-24(21)16(2)25(33-22)26(32)29-19-11-7-17(8-12-19)18-9-13-20(14-10-18)34-28-15-23(30)31/h4-14,27-28H,3,15H2,1-2H3,(H,29,32)(H,30,31). The number of hydrogen-bond donors (Lipinski definition) is 4. The number of aliphatic carboxylic acids is 1. The van der Waals surface area contributed by atoms with E-state index in [1.807, 2.05) is 80.6 Å². The Morgan fingerprint density at radius 2 is 1.65 bits per heavy atom. The Morgan fingerprint density at radius 1 is 0.971 bits per heavy atom. The van der Waals surface area contributed by atoms with Gasteiger partial charge >= 0.3 is 5.97 Å². The summed E-state index contributed by atoms with van der Waals surface area (Å²) in [5, 5.41) is 15.8. The lowest BCUT2D eigenvalue weighted by atomic mass is 10.1. The molecule has 0 radical (unpaired) electrons. The SMILES string of the molecule is CCNc1cccc2oc(C(=O)Nc3ccc(-c4ccc(SNCC(=O)O)cc4)cc3)c(C)c12. The quantitative estimate of drug-likeness (QED) is 0.228. The van der Waals surface area contributed by atoms with E-state index in [0.29, 0.717) is 17.0 Å². The van der Waals surface area contributed by atoms with Gasteiger partial charge in [-0.2, -0.15) is 0 Å². The monoisotopic (exact) mass is 475 g/mol. The third-order valence-electron chi connectivity index (χ3n) is 5.27. The van der Waals surface area contributed by atoms with Crippen molar-refractivity contribution in [2.24, 2.45) is 0 Å². The number of carbonyl (C=O) groups excluding carboxylic acids is 1. The number of amides is 1. The first-order valence-electron chi connectivity index (χ1n) is 10.9. The van der Waals surface area contributed by atoms with Gasteiger partial charge in [-0.25, -0.2) is 4.72 Å². The number of rotatable bonds is 9. The van der Waals surface area contributed by atoms with E-state index in [0.717, 1.165) is 39.2 Å². The van der Waals surface area contributed by atoms with Crippen LogP contribution < -0.4 is 15.4 Å². The van der Waals surface area contributed by atoms with E-state index in [4.69, 9.17) is 9.52 Å². The number of benzene rings is 3. The molecule has 3 aromatic carbocycles. The zero-order chi connectivity index (χ0) is 24.1. The number of furan rings is 1. The lowest BCUT2D eigenvalue weighted by Gasteiger charge is -2.07. The smallest absolute Gasteiger partial charge is 0.318 e. The number of hydrogen-bond acceptors (Lipinski definition) is 6. The summed E-state index contributed by atoms with van der Waals surface area (Å²) in [5.74, 6) is -0.891. The molecular weight excluding hydrogens is 450 g/mol. The van der Waals surface area contributed by atoms with Crippen molar-refractivity contribution in [2.75, 3.05) is 23.7 Å². The number of aryl methyl sites for hydroxylation is 1. The van der Waals surface area contributed by atoms with Crippen LogP contribution in [-0.2, 0) is 4.79 Å². The van der Waals surface area contributed by atoms with Gasteiger partial charge in [0.25, 0.3) is 5.91 Å². The molecule has 0 unspecified atom stereocenters. The first-order valence-corrected chi connectivity index (χ1v) is 11.7. The summed E-state index contributed by atoms with van der Waals surface area (Å²) in [7, 11) is 0. The summed E-state index contributed by atoms with van der Waals surface area (Å²) in [4.78, 5) is 24.4. The lowest BCUT2D eigenvalue weighted by molar-refractivity contribution is -0.135. The maximum absolute atomic E-state index is 12.9. The van der Waals surface area contributed by atoms with E-state index in [-0.39, 0.29) is 12.5 Å². The molecule has 0 aliphatic carbocycles. The second-order valence-electron chi connectivity index (χ2n) is 7.64. The van der Waals surface area contributed by atoms with E-state index in [1.165, 1.54) is 11.9 Å². The van der Waals surface area contributed by atoms with Crippen LogP contribution in [0.3, 0.4) is 0 Å². The summed E-state index contributed by atoms with van der Waals surface area (Å²) in [6, 6.07) is 21.1. The normalized spacial score (nSPS) is 10.9. The van der Waals surface area contributed by atoms with Crippen LogP contribution >= 0.6 is 11.9 Å². The molecule has 1 heterocycles. The van der Waals surface area contributed by atoms with Crippen molar-refractivity contribution in [3.05, 3.63) is 78.1 Å². The number of carboxylic acids is 1. The molecule has 0 fully saturated rings. The van der Waals surface area contributed by atoms with Crippen LogP contribution in [0, 0.1) is 6.92 Å². The average Bonchev–Trinajstić information content (AvgIpc) is 3.18. The molecule has 0 atom stereocenters. The van der Waals surface area contributed by atoms with Crippen LogP contribution in [-0.4, -0.2) is 30.1 Å². The minimum atomic E-state index is -0.898. The number of anilines is 2. The third kappa shape index (κ3) is 5.24. The highest BCUT2D eigenvalue weighted by Gasteiger charge is 2.19. The number of carbonyl (C=O) groups is 2. The molecule has 0 aliphatic heterocycles. The van der Waals surface area contributed by atoms with Crippen molar-refractivity contribution >= 4 is 46.2 Å². The molecule has 4 aromatic rings. The summed E-state index contributed by atoms with van der Waals surface area (Å²) in [5.41, 5.74) is 5.12. The van der Waals surface area contributed by atoms with Crippen molar-refractivity contribution in [1.29, 1.82) is 0 Å². The molecule has 7 nitrogen and oxygen atoms in total. The van der Waals surface area contributed by atoms with E-state index in [1.54, 1.807) is 0 Å². The summed E-state index contributed by atoms with van der Waals surface area (Å²) < 4.78 is 8.66. The first kappa shape index (κ1) is 23.4. The predicted molar refractivity (Wildman–Crippen MR) is 136 cm³/mol. The summed E-state index contributed by atoms with van der Waals surface area (Å²) in [6.45, 7) is 4.59. The zero-order valence-corrected chi connectivity index (χ0v) is 19.7. The minimum Gasteiger partial charge on any atom is -0.480 e. The van der Waals surface area contributed by atoms with Crippen molar-refractivity contribution < 1.29 is 19.1 Å². The topological polar surface area (TPSA) is 104 Å². The fraction of sp³-hybridized carbons (Fsp3) is 0.154. The molecule has 174 valence electrons. The van der Waals surface area contributed by atoms with Gasteiger partial charge in [-0.05, 0) is 73.3 Å². The molecule has 1 amide bonds. The van der Waals surface area contributed by atoms with Gasteiger partial charge in [-0.15, -0.1) is 0 Å². The van der Waals surface area contributed by atoms with Crippen molar-refractivity contribution in [3.63, 3.8) is 0 Å². The van der Waals surface area contributed by atoms with Gasteiger partial charge in [-0.1, -0.05) is 30.3 Å². The lowest BCUT2D eigenvalue weighted by Crippen LogP contribution is -2.15. The predicted octanol–water partition coefficient (Wildman–Crippen LogP) is 5.77. The molecule has 4 rings (SSSR count). The van der Waals surface area contributed by atoms with Gasteiger partial charge in [0.2, 0.25) is 0 Å². The Morgan fingerprint density at radius 3 is 2.29 bits per heavy atom. The summed E-state index contributed by atoms with van der Waals surface area (Å²) >= 11 is 1.27. The highest BCUT2D eigenvalue weighted by molar-refractivity contribution is 7.97. The number of carboxylic acid groups (broad SMARTS) is 1. The number of fused-ring (bicyclic) bond motifs is 1. The van der Waals surface area contributed by atoms with Crippen molar-refractivity contribution in [1.82, 2.24) is 4.72 Å². The Balaban J connectivity index is 1.45. The van der Waals surface area contributed by atoms with Gasteiger partial charge in [0.05, 0.1) is 0 Å². The Bertz CT molecular complexity index is 1310. The fourth-order valence-electron chi connectivity index (χ4n) is 3.69. The second kappa shape index (κ2) is 10.5. The summed E-state index contributed by atoms with van der Waals surface area (Å²) in [6.07, 6.45) is 0. The molecule has 0 spiro atoms. The van der Waals surface area contributed by atoms with Gasteiger partial charge in [0.15, 0.2) is 5.76 Å². The highest BCUT2D eigenvalue weighted by Crippen LogP contribution is 2.32. The van der Waals surface area contributed by atoms with E-state index >= 15 is 0 Å². The molecule has 0 aliphatic rings. The maximum atomic E-state index is 12.9. The molecule has 8 heteroatoms. The average molecular weight is 476 g/mol. The zero-order valence-electron chi connectivity index (χ0n) is 18.8. The van der Waals surface area contributed by atoms with Crippen LogP contribution in [0.1, 0.15) is 23.0 Å². The van der Waals surface area contributed by atoms with Gasteiger partial charge in [-0.3, -0.25) is 9.59 Å². The maximum Gasteiger partial charge on any atom is 0.318 e. The third-order valence-corrected chi connectivity index (χ3v) is 6.07. The van der Waals surface area contributed by atoms with Gasteiger partial charge in [0.1, 0.15) is 12.1 Å². The Hall–Kier alpha value is -3.75. The van der Waals surface area contributed by atoms with Gasteiger partial charge < -0.3 is 20.2 Å². The van der Waals surface area contributed by atoms with Gasteiger partial charge in [0, 0.05) is 33.8 Å². The highest BCUT2D eigenvalue weighted by atomic mass is 32.2. The molecule has 4 N–H and O–H groups in total. The van der Waals surface area contributed by atoms with Crippen molar-refractivity contribution in [2.45, 2.75) is 18.7 Å². The Kier molecular flexibility index (Phi) is 7.20. The van der Waals surface area contributed by atoms with Crippen molar-refractivity contribution in [3.8, 4) is 11.1 Å². The molecule has 0 bridgehead atoms. The molecule has 0 saturated heterocycles. The first-order chi connectivity index (χ1) is 16.5. The molecule has 0 saturated carbocycles.